The molecular formula is C15H15BrO. The normalized spacial score (nSPS) is 12.5. The average Bonchev–Trinajstić information content (AvgIpc) is 2.27. The lowest BCUT2D eigenvalue weighted by Gasteiger charge is -2.14. The summed E-state index contributed by atoms with van der Waals surface area (Å²) >= 11 is 3.47. The van der Waals surface area contributed by atoms with Gasteiger partial charge in [0.05, 0.1) is 0 Å². The third kappa shape index (κ3) is 2.76. The van der Waals surface area contributed by atoms with Crippen LogP contribution in [0, 0.1) is 13.8 Å². The largest absolute Gasteiger partial charge is 0.384 e. The van der Waals surface area contributed by atoms with Crippen molar-refractivity contribution in [2.75, 3.05) is 0 Å². The van der Waals surface area contributed by atoms with E-state index >= 15 is 0 Å². The monoisotopic (exact) mass is 290 g/mol. The van der Waals surface area contributed by atoms with E-state index in [2.05, 4.69) is 22.0 Å². The molecule has 0 aliphatic heterocycles. The van der Waals surface area contributed by atoms with Gasteiger partial charge < -0.3 is 5.11 Å². The molecule has 0 aliphatic carbocycles. The van der Waals surface area contributed by atoms with Crippen LogP contribution in [0.25, 0.3) is 0 Å². The van der Waals surface area contributed by atoms with E-state index in [0.29, 0.717) is 0 Å². The molecule has 2 aromatic rings. The third-order valence-electron chi connectivity index (χ3n) is 2.76. The number of benzene rings is 2. The first-order valence-electron chi connectivity index (χ1n) is 5.58. The number of hydrogen-bond acceptors (Lipinski definition) is 1. The van der Waals surface area contributed by atoms with E-state index in [0.717, 1.165) is 15.6 Å². The van der Waals surface area contributed by atoms with E-state index < -0.39 is 6.10 Å². The fourth-order valence-electron chi connectivity index (χ4n) is 2.04. The number of hydrogen-bond donors (Lipinski definition) is 1. The van der Waals surface area contributed by atoms with Crippen molar-refractivity contribution in [3.8, 4) is 0 Å². The van der Waals surface area contributed by atoms with Gasteiger partial charge in [0.25, 0.3) is 0 Å². The summed E-state index contributed by atoms with van der Waals surface area (Å²) in [5, 5.41) is 10.4. The van der Waals surface area contributed by atoms with Crippen LogP contribution in [0.2, 0.25) is 0 Å². The highest BCUT2D eigenvalue weighted by molar-refractivity contribution is 9.10. The summed E-state index contributed by atoms with van der Waals surface area (Å²) in [7, 11) is 0. The van der Waals surface area contributed by atoms with E-state index in [1.165, 1.54) is 11.1 Å². The van der Waals surface area contributed by atoms with Crippen LogP contribution in [-0.4, -0.2) is 5.11 Å². The second-order valence-electron chi connectivity index (χ2n) is 4.35. The molecule has 1 atom stereocenters. The first-order chi connectivity index (χ1) is 8.08. The van der Waals surface area contributed by atoms with Gasteiger partial charge in [0.15, 0.2) is 0 Å². The van der Waals surface area contributed by atoms with Crippen LogP contribution >= 0.6 is 15.9 Å². The summed E-state index contributed by atoms with van der Waals surface area (Å²) in [6.07, 6.45) is -0.579. The topological polar surface area (TPSA) is 20.2 Å². The molecule has 0 aromatic heterocycles. The van der Waals surface area contributed by atoms with Gasteiger partial charge in [-0.1, -0.05) is 63.5 Å². The molecule has 1 nitrogen and oxygen atoms in total. The van der Waals surface area contributed by atoms with Crippen LogP contribution in [0.4, 0.5) is 0 Å². The molecule has 0 radical (unpaired) electrons. The molecule has 0 amide bonds. The summed E-state index contributed by atoms with van der Waals surface area (Å²) in [6, 6.07) is 13.9. The minimum absolute atomic E-state index is 0.579. The van der Waals surface area contributed by atoms with Crippen LogP contribution in [0.5, 0.6) is 0 Å². The molecule has 0 fully saturated rings. The van der Waals surface area contributed by atoms with Crippen molar-refractivity contribution in [1.82, 2.24) is 0 Å². The Bertz CT molecular complexity index is 514. The van der Waals surface area contributed by atoms with Crippen molar-refractivity contribution in [3.63, 3.8) is 0 Å². The Morgan fingerprint density at radius 3 is 2.18 bits per heavy atom. The Labute approximate surface area is 110 Å². The summed E-state index contributed by atoms with van der Waals surface area (Å²) in [5.41, 5.74) is 4.18. The average molecular weight is 291 g/mol. The first kappa shape index (κ1) is 12.3. The zero-order valence-electron chi connectivity index (χ0n) is 9.94. The zero-order chi connectivity index (χ0) is 12.4. The minimum Gasteiger partial charge on any atom is -0.384 e. The van der Waals surface area contributed by atoms with E-state index in [9.17, 15) is 5.11 Å². The van der Waals surface area contributed by atoms with Gasteiger partial charge in [0.2, 0.25) is 0 Å². The molecule has 2 rings (SSSR count). The molecule has 1 N–H and O–H groups in total. The Balaban J connectivity index is 2.43. The second kappa shape index (κ2) is 5.03. The molecule has 88 valence electrons. The van der Waals surface area contributed by atoms with Crippen molar-refractivity contribution in [2.24, 2.45) is 0 Å². The molecule has 0 spiro atoms. The lowest BCUT2D eigenvalue weighted by atomic mass is 9.98. The fraction of sp³-hybridized carbons (Fsp3) is 0.200. The van der Waals surface area contributed by atoms with Gasteiger partial charge in [0, 0.05) is 4.47 Å². The van der Waals surface area contributed by atoms with Gasteiger partial charge in [-0.05, 0) is 31.0 Å². The lowest BCUT2D eigenvalue weighted by molar-refractivity contribution is 0.219. The van der Waals surface area contributed by atoms with Gasteiger partial charge in [-0.15, -0.1) is 0 Å². The van der Waals surface area contributed by atoms with Crippen molar-refractivity contribution in [1.29, 1.82) is 0 Å². The van der Waals surface area contributed by atoms with Crippen LogP contribution in [-0.2, 0) is 0 Å². The number of aryl methyl sites for hydroxylation is 2. The minimum atomic E-state index is -0.579. The molecule has 0 bridgehead atoms. The quantitative estimate of drug-likeness (QED) is 0.881. The number of aliphatic hydroxyl groups excluding tert-OH is 1. The highest BCUT2D eigenvalue weighted by Crippen LogP contribution is 2.29. The molecule has 0 heterocycles. The number of halogens is 1. The predicted octanol–water partition coefficient (Wildman–Crippen LogP) is 4.15. The van der Waals surface area contributed by atoms with E-state index in [4.69, 9.17) is 0 Å². The summed E-state index contributed by atoms with van der Waals surface area (Å²) in [6.45, 7) is 4.09. The van der Waals surface area contributed by atoms with Crippen molar-refractivity contribution >= 4 is 15.9 Å². The summed E-state index contributed by atoms with van der Waals surface area (Å²) in [5.74, 6) is 0. The molecule has 0 saturated heterocycles. The predicted molar refractivity (Wildman–Crippen MR) is 74.1 cm³/mol. The zero-order valence-corrected chi connectivity index (χ0v) is 11.5. The van der Waals surface area contributed by atoms with Crippen LogP contribution in [0.1, 0.15) is 28.4 Å². The van der Waals surface area contributed by atoms with Crippen molar-refractivity contribution < 1.29 is 5.11 Å². The molecule has 17 heavy (non-hydrogen) atoms. The SMILES string of the molecule is Cc1cc(C)cc([C@H](O)c2ccccc2Br)c1. The Kier molecular flexibility index (Phi) is 3.65. The smallest absolute Gasteiger partial charge is 0.105 e. The van der Waals surface area contributed by atoms with Crippen molar-refractivity contribution in [3.05, 3.63) is 69.2 Å². The second-order valence-corrected chi connectivity index (χ2v) is 5.20. The van der Waals surface area contributed by atoms with Crippen LogP contribution < -0.4 is 0 Å². The molecular weight excluding hydrogens is 276 g/mol. The summed E-state index contributed by atoms with van der Waals surface area (Å²) < 4.78 is 0.937. The van der Waals surface area contributed by atoms with Gasteiger partial charge in [-0.2, -0.15) is 0 Å². The van der Waals surface area contributed by atoms with Crippen molar-refractivity contribution in [2.45, 2.75) is 20.0 Å². The van der Waals surface area contributed by atoms with Crippen LogP contribution in [0.15, 0.2) is 46.9 Å². The van der Waals surface area contributed by atoms with Gasteiger partial charge in [-0.3, -0.25) is 0 Å². The Morgan fingerprint density at radius 1 is 1.00 bits per heavy atom. The third-order valence-corrected chi connectivity index (χ3v) is 3.48. The lowest BCUT2D eigenvalue weighted by Crippen LogP contribution is -2.01. The molecule has 2 heteroatoms. The highest BCUT2D eigenvalue weighted by atomic mass is 79.9. The Hall–Kier alpha value is -1.12. The maximum Gasteiger partial charge on any atom is 0.105 e. The standard InChI is InChI=1S/C15H15BrO/c1-10-7-11(2)9-12(8-10)15(17)13-5-3-4-6-14(13)16/h3-9,15,17H,1-2H3/t15-/m0/s1. The van der Waals surface area contributed by atoms with Crippen LogP contribution in [0.3, 0.4) is 0 Å². The van der Waals surface area contributed by atoms with Gasteiger partial charge in [-0.25, -0.2) is 0 Å². The van der Waals surface area contributed by atoms with E-state index in [1.54, 1.807) is 0 Å². The molecule has 2 aromatic carbocycles. The molecule has 0 saturated carbocycles. The maximum atomic E-state index is 10.4. The number of aliphatic hydroxyl groups is 1. The van der Waals surface area contributed by atoms with Gasteiger partial charge >= 0.3 is 0 Å². The Morgan fingerprint density at radius 2 is 1.59 bits per heavy atom. The highest BCUT2D eigenvalue weighted by Gasteiger charge is 2.13. The molecule has 0 aliphatic rings. The van der Waals surface area contributed by atoms with E-state index in [-0.39, 0.29) is 0 Å². The fourth-order valence-corrected chi connectivity index (χ4v) is 2.55. The summed E-state index contributed by atoms with van der Waals surface area (Å²) in [4.78, 5) is 0. The molecule has 0 unspecified atom stereocenters. The van der Waals surface area contributed by atoms with E-state index in [1.807, 2.05) is 50.2 Å². The van der Waals surface area contributed by atoms with Gasteiger partial charge in [0.1, 0.15) is 6.10 Å². The maximum absolute atomic E-state index is 10.4. The first-order valence-corrected chi connectivity index (χ1v) is 6.38. The number of rotatable bonds is 2.